The average Bonchev–Trinajstić information content (AvgIpc) is 3.98. The van der Waals surface area contributed by atoms with Crippen LogP contribution < -0.4 is 4.90 Å². The quantitative estimate of drug-likeness (QED) is 0.160. The molecule has 0 saturated heterocycles. The minimum atomic E-state index is -0.437. The molecule has 0 fully saturated rings. The van der Waals surface area contributed by atoms with Crippen molar-refractivity contribution in [1.82, 2.24) is 0 Å². The molecule has 2 aliphatic carbocycles. The molecule has 0 saturated carbocycles. The zero-order valence-corrected chi connectivity index (χ0v) is 35.0. The topological polar surface area (TPSA) is 3.24 Å². The summed E-state index contributed by atoms with van der Waals surface area (Å²) in [6, 6.07) is 84.2. The van der Waals surface area contributed by atoms with Crippen LogP contribution in [0.2, 0.25) is 0 Å². The van der Waals surface area contributed by atoms with Crippen LogP contribution in [0.25, 0.3) is 85.9 Å². The Kier molecular flexibility index (Phi) is 7.26. The maximum atomic E-state index is 2.50. The van der Waals surface area contributed by atoms with Gasteiger partial charge in [0, 0.05) is 37.2 Å². The molecule has 63 heavy (non-hydrogen) atoms. The Hall–Kier alpha value is -7.78. The normalized spacial score (nSPS) is 13.2. The molecule has 0 N–H and O–H groups in total. The maximum Gasteiger partial charge on any atom is 0.0726 e. The third-order valence-electron chi connectivity index (χ3n) is 14.1. The zero-order chi connectivity index (χ0) is 41.2. The summed E-state index contributed by atoms with van der Waals surface area (Å²) in [5, 5.41) is 10.3. The lowest BCUT2D eigenvalue weighted by molar-refractivity contribution is 0.793. The van der Waals surface area contributed by atoms with E-state index in [0.717, 1.165) is 17.1 Å². The summed E-state index contributed by atoms with van der Waals surface area (Å²) < 4.78 is 2.65. The third kappa shape index (κ3) is 4.82. The van der Waals surface area contributed by atoms with Crippen molar-refractivity contribution >= 4 is 80.9 Å². The molecule has 1 aromatic heterocycles. The fourth-order valence-corrected chi connectivity index (χ4v) is 12.5. The average molecular weight is 816 g/mol. The van der Waals surface area contributed by atoms with Crippen molar-refractivity contribution in [3.63, 3.8) is 0 Å². The van der Waals surface area contributed by atoms with Crippen LogP contribution >= 0.6 is 11.3 Å². The van der Waals surface area contributed by atoms with Crippen molar-refractivity contribution in [2.75, 3.05) is 4.90 Å². The van der Waals surface area contributed by atoms with Gasteiger partial charge in [0.15, 0.2) is 0 Å². The summed E-state index contributed by atoms with van der Waals surface area (Å²) in [4.78, 5) is 2.48. The summed E-state index contributed by atoms with van der Waals surface area (Å²) in [5.74, 6) is 0. The minimum absolute atomic E-state index is 0.437. The molecular weight excluding hydrogens is 779 g/mol. The second-order valence-corrected chi connectivity index (χ2v) is 18.2. The Morgan fingerprint density at radius 2 is 0.714 bits per heavy atom. The molecule has 0 atom stereocenters. The molecule has 1 spiro atoms. The fraction of sp³-hybridized carbons (Fsp3) is 0.0164. The van der Waals surface area contributed by atoms with Crippen LogP contribution in [-0.4, -0.2) is 0 Å². The van der Waals surface area contributed by atoms with Gasteiger partial charge in [-0.1, -0.05) is 170 Å². The van der Waals surface area contributed by atoms with Gasteiger partial charge in [0.1, 0.15) is 0 Å². The first-order chi connectivity index (χ1) is 31.2. The third-order valence-corrected chi connectivity index (χ3v) is 15.2. The van der Waals surface area contributed by atoms with Gasteiger partial charge >= 0.3 is 0 Å². The predicted octanol–water partition coefficient (Wildman–Crippen LogP) is 17.0. The summed E-state index contributed by atoms with van der Waals surface area (Å²) in [6.45, 7) is 0. The van der Waals surface area contributed by atoms with E-state index >= 15 is 0 Å². The Morgan fingerprint density at radius 3 is 1.35 bits per heavy atom. The molecule has 1 heterocycles. The first-order valence-corrected chi connectivity index (χ1v) is 22.6. The highest BCUT2D eigenvalue weighted by atomic mass is 32.1. The molecule has 0 bridgehead atoms. The van der Waals surface area contributed by atoms with E-state index in [9.17, 15) is 0 Å². The second kappa shape index (κ2) is 13.1. The fourth-order valence-electron chi connectivity index (χ4n) is 11.4. The van der Waals surface area contributed by atoms with Crippen molar-refractivity contribution in [2.24, 2.45) is 0 Å². The lowest BCUT2D eigenvalue weighted by atomic mass is 9.70. The molecule has 0 radical (unpaired) electrons. The van der Waals surface area contributed by atoms with Crippen LogP contribution in [0.5, 0.6) is 0 Å². The second-order valence-electron chi connectivity index (χ2n) is 17.1. The van der Waals surface area contributed by atoms with Crippen molar-refractivity contribution in [3.05, 3.63) is 247 Å². The SMILES string of the molecule is c1ccc2c(c1)-c1ccccc1C21c2ccccc2-c2ccc(N(c3ccc(-c4ccc5sc6ccccc6c5c4)cc3)c3ccc4c5ccccc5c5ccccc5c4c3)cc21. The molecule has 11 aromatic carbocycles. The van der Waals surface area contributed by atoms with Gasteiger partial charge in [0.05, 0.1) is 5.41 Å². The number of fused-ring (bicyclic) bond motifs is 19. The van der Waals surface area contributed by atoms with E-state index < -0.39 is 5.41 Å². The molecule has 14 rings (SSSR count). The first-order valence-electron chi connectivity index (χ1n) is 21.8. The van der Waals surface area contributed by atoms with E-state index in [-0.39, 0.29) is 0 Å². The van der Waals surface area contributed by atoms with Gasteiger partial charge < -0.3 is 4.90 Å². The van der Waals surface area contributed by atoms with Crippen molar-refractivity contribution in [3.8, 4) is 33.4 Å². The van der Waals surface area contributed by atoms with Gasteiger partial charge in [0.25, 0.3) is 0 Å². The molecule has 1 nitrogen and oxygen atoms in total. The number of hydrogen-bond acceptors (Lipinski definition) is 2. The van der Waals surface area contributed by atoms with Crippen LogP contribution in [0.1, 0.15) is 22.3 Å². The van der Waals surface area contributed by atoms with Gasteiger partial charge in [-0.05, 0) is 143 Å². The van der Waals surface area contributed by atoms with Gasteiger partial charge in [-0.2, -0.15) is 0 Å². The molecule has 2 aliphatic rings. The monoisotopic (exact) mass is 815 g/mol. The van der Waals surface area contributed by atoms with Crippen LogP contribution in [0.4, 0.5) is 17.1 Å². The first kappa shape index (κ1) is 34.9. The summed E-state index contributed by atoms with van der Waals surface area (Å²) in [6.07, 6.45) is 0. The highest BCUT2D eigenvalue weighted by Crippen LogP contribution is 2.63. The van der Waals surface area contributed by atoms with Crippen LogP contribution in [0, 0.1) is 0 Å². The highest BCUT2D eigenvalue weighted by Gasteiger charge is 2.51. The number of hydrogen-bond donors (Lipinski definition) is 0. The number of nitrogens with zero attached hydrogens (tertiary/aromatic N) is 1. The highest BCUT2D eigenvalue weighted by molar-refractivity contribution is 7.25. The molecule has 292 valence electrons. The molecule has 0 amide bonds. The number of anilines is 3. The Labute approximate surface area is 369 Å². The van der Waals surface area contributed by atoms with Gasteiger partial charge in [-0.3, -0.25) is 0 Å². The standard InChI is InChI=1S/C61H37NS/c1-2-15-45-43(13-1)44-14-3-4-16-46(44)53-36-41(30-32-47(45)53)62(40-28-25-38(26-29-40)39-27-34-60-54(35-39)52-20-8-12-24-59(52)63-60)42-31-33-51-50-19-7-11-23-57(50)61(58(51)37-42)55-21-9-5-17-48(55)49-18-6-10-22-56(49)61/h1-37H. The summed E-state index contributed by atoms with van der Waals surface area (Å²) >= 11 is 1.87. The van der Waals surface area contributed by atoms with Gasteiger partial charge in [-0.15, -0.1) is 11.3 Å². The van der Waals surface area contributed by atoms with Crippen molar-refractivity contribution in [2.45, 2.75) is 5.41 Å². The Bertz CT molecular complexity index is 3770. The van der Waals surface area contributed by atoms with Crippen molar-refractivity contribution in [1.29, 1.82) is 0 Å². The molecule has 0 aliphatic heterocycles. The molecule has 2 heteroatoms. The Balaban J connectivity index is 1.00. The lowest BCUT2D eigenvalue weighted by Gasteiger charge is -2.32. The van der Waals surface area contributed by atoms with Crippen LogP contribution in [0.3, 0.4) is 0 Å². The molecule has 12 aromatic rings. The smallest absolute Gasteiger partial charge is 0.0726 e. The number of thiophene rings is 1. The van der Waals surface area contributed by atoms with Crippen LogP contribution in [0.15, 0.2) is 224 Å². The summed E-state index contributed by atoms with van der Waals surface area (Å²) in [5.41, 5.74) is 16.0. The van der Waals surface area contributed by atoms with Crippen molar-refractivity contribution < 1.29 is 0 Å². The zero-order valence-electron chi connectivity index (χ0n) is 34.2. The molecular formula is C61H37NS. The van der Waals surface area contributed by atoms with E-state index in [0.29, 0.717) is 0 Å². The van der Waals surface area contributed by atoms with E-state index in [4.69, 9.17) is 0 Å². The van der Waals surface area contributed by atoms with Gasteiger partial charge in [0.2, 0.25) is 0 Å². The summed E-state index contributed by atoms with van der Waals surface area (Å²) in [7, 11) is 0. The molecule has 0 unspecified atom stereocenters. The van der Waals surface area contributed by atoms with Crippen LogP contribution in [-0.2, 0) is 5.41 Å². The maximum absolute atomic E-state index is 2.50. The number of rotatable bonds is 4. The number of benzene rings is 11. The van der Waals surface area contributed by atoms with E-state index in [2.05, 4.69) is 229 Å². The lowest BCUT2D eigenvalue weighted by Crippen LogP contribution is -2.26. The van der Waals surface area contributed by atoms with E-state index in [1.165, 1.54) is 108 Å². The Morgan fingerprint density at radius 1 is 0.270 bits per heavy atom. The van der Waals surface area contributed by atoms with E-state index in [1.807, 2.05) is 11.3 Å². The van der Waals surface area contributed by atoms with Gasteiger partial charge in [-0.25, -0.2) is 0 Å². The predicted molar refractivity (Wildman–Crippen MR) is 268 cm³/mol. The van der Waals surface area contributed by atoms with E-state index in [1.54, 1.807) is 0 Å². The minimum Gasteiger partial charge on any atom is -0.310 e. The largest absolute Gasteiger partial charge is 0.310 e.